The molecule has 3 nitrogen and oxygen atoms in total. The van der Waals surface area contributed by atoms with Crippen molar-refractivity contribution in [2.45, 2.75) is 13.3 Å². The van der Waals surface area contributed by atoms with Crippen LogP contribution in [0.25, 0.3) is 10.6 Å². The highest BCUT2D eigenvalue weighted by Gasteiger charge is 2.13. The molecule has 2 heterocycles. The second kappa shape index (κ2) is 4.69. The van der Waals surface area contributed by atoms with Gasteiger partial charge in [0, 0.05) is 19.2 Å². The van der Waals surface area contributed by atoms with E-state index in [-0.39, 0.29) is 6.61 Å². The summed E-state index contributed by atoms with van der Waals surface area (Å²) in [5.74, 6) is 0.930. The van der Waals surface area contributed by atoms with Crippen molar-refractivity contribution in [1.82, 2.24) is 9.55 Å². The number of aliphatic hydroxyl groups excluding tert-OH is 1. The topological polar surface area (TPSA) is 38.1 Å². The molecule has 0 radical (unpaired) electrons. The van der Waals surface area contributed by atoms with E-state index in [4.69, 9.17) is 5.11 Å². The second-order valence-corrected chi connectivity index (χ2v) is 6.06. The summed E-state index contributed by atoms with van der Waals surface area (Å²) in [5.41, 5.74) is 2.15. The van der Waals surface area contributed by atoms with Gasteiger partial charge in [0.2, 0.25) is 0 Å². The SMILES string of the molecule is Cc1c(-c2ccc(Br)s2)nc(CCO)n1C. The lowest BCUT2D eigenvalue weighted by Gasteiger charge is -1.99. The highest BCUT2D eigenvalue weighted by atomic mass is 79.9. The molecule has 0 aliphatic rings. The van der Waals surface area contributed by atoms with Crippen molar-refractivity contribution in [3.8, 4) is 10.6 Å². The van der Waals surface area contributed by atoms with Gasteiger partial charge >= 0.3 is 0 Å². The highest BCUT2D eigenvalue weighted by molar-refractivity contribution is 9.11. The van der Waals surface area contributed by atoms with Crippen molar-refractivity contribution in [2.75, 3.05) is 6.61 Å². The molecule has 0 spiro atoms. The Balaban J connectivity index is 2.45. The quantitative estimate of drug-likeness (QED) is 0.946. The molecule has 0 aliphatic carbocycles. The Morgan fingerprint density at radius 1 is 1.50 bits per heavy atom. The first-order valence-electron chi connectivity index (χ1n) is 5.02. The van der Waals surface area contributed by atoms with E-state index in [0.29, 0.717) is 6.42 Å². The average molecular weight is 301 g/mol. The summed E-state index contributed by atoms with van der Waals surface area (Å²) in [6.07, 6.45) is 0.601. The first-order valence-corrected chi connectivity index (χ1v) is 6.63. The third kappa shape index (κ3) is 2.07. The van der Waals surface area contributed by atoms with Gasteiger partial charge in [-0.15, -0.1) is 11.3 Å². The lowest BCUT2D eigenvalue weighted by molar-refractivity contribution is 0.295. The predicted octanol–water partition coefficient (Wildman–Crippen LogP) is 2.75. The van der Waals surface area contributed by atoms with Gasteiger partial charge < -0.3 is 9.67 Å². The van der Waals surface area contributed by atoms with Crippen molar-refractivity contribution in [1.29, 1.82) is 0 Å². The average Bonchev–Trinajstić information content (AvgIpc) is 2.78. The molecule has 2 aromatic heterocycles. The number of thiophene rings is 1. The first kappa shape index (κ1) is 11.8. The Labute approximate surface area is 107 Å². The van der Waals surface area contributed by atoms with Crippen molar-refractivity contribution in [2.24, 2.45) is 7.05 Å². The molecule has 0 unspecified atom stereocenters. The fourth-order valence-corrected chi connectivity index (χ4v) is 3.06. The van der Waals surface area contributed by atoms with Gasteiger partial charge in [-0.2, -0.15) is 0 Å². The maximum atomic E-state index is 8.96. The number of rotatable bonds is 3. The number of hydrogen-bond donors (Lipinski definition) is 1. The maximum Gasteiger partial charge on any atom is 0.111 e. The standard InChI is InChI=1S/C11H13BrN2OS/c1-7-11(8-3-4-9(12)16-8)13-10(5-6-15)14(7)2/h3-4,15H,5-6H2,1-2H3. The van der Waals surface area contributed by atoms with Crippen LogP contribution in [0.5, 0.6) is 0 Å². The predicted molar refractivity (Wildman–Crippen MR) is 69.7 cm³/mol. The second-order valence-electron chi connectivity index (χ2n) is 3.60. The van der Waals surface area contributed by atoms with E-state index in [1.165, 1.54) is 0 Å². The maximum absolute atomic E-state index is 8.96. The van der Waals surface area contributed by atoms with Crippen LogP contribution in [0.15, 0.2) is 15.9 Å². The van der Waals surface area contributed by atoms with Crippen LogP contribution in [-0.4, -0.2) is 21.3 Å². The Morgan fingerprint density at radius 2 is 2.25 bits per heavy atom. The zero-order valence-corrected chi connectivity index (χ0v) is 11.6. The number of imidazole rings is 1. The van der Waals surface area contributed by atoms with E-state index in [0.717, 1.165) is 25.9 Å². The fourth-order valence-electron chi connectivity index (χ4n) is 1.64. The molecule has 0 saturated heterocycles. The summed E-state index contributed by atoms with van der Waals surface area (Å²) in [7, 11) is 1.99. The Bertz CT molecular complexity index is 504. The molecule has 16 heavy (non-hydrogen) atoms. The molecular weight excluding hydrogens is 288 g/mol. The summed E-state index contributed by atoms with van der Waals surface area (Å²) < 4.78 is 3.15. The number of aliphatic hydroxyl groups is 1. The molecule has 1 N–H and O–H groups in total. The van der Waals surface area contributed by atoms with Crippen LogP contribution in [0, 0.1) is 6.92 Å². The van der Waals surface area contributed by atoms with Crippen LogP contribution in [0.1, 0.15) is 11.5 Å². The minimum absolute atomic E-state index is 0.137. The van der Waals surface area contributed by atoms with Crippen LogP contribution in [0.3, 0.4) is 0 Å². The van der Waals surface area contributed by atoms with Gasteiger partial charge in [-0.1, -0.05) is 0 Å². The van der Waals surface area contributed by atoms with Crippen LogP contribution in [-0.2, 0) is 13.5 Å². The Hall–Kier alpha value is -0.650. The van der Waals surface area contributed by atoms with Crippen LogP contribution < -0.4 is 0 Å². The van der Waals surface area contributed by atoms with E-state index < -0.39 is 0 Å². The minimum Gasteiger partial charge on any atom is -0.396 e. The van der Waals surface area contributed by atoms with Crippen molar-refractivity contribution < 1.29 is 5.11 Å². The molecule has 2 aromatic rings. The molecule has 0 fully saturated rings. The molecule has 5 heteroatoms. The summed E-state index contributed by atoms with van der Waals surface area (Å²) >= 11 is 5.13. The number of aromatic nitrogens is 2. The lowest BCUT2D eigenvalue weighted by Crippen LogP contribution is -2.01. The molecule has 86 valence electrons. The Morgan fingerprint density at radius 3 is 2.81 bits per heavy atom. The minimum atomic E-state index is 0.137. The lowest BCUT2D eigenvalue weighted by atomic mass is 10.3. The van der Waals surface area contributed by atoms with Crippen LogP contribution in [0.4, 0.5) is 0 Å². The van der Waals surface area contributed by atoms with E-state index in [9.17, 15) is 0 Å². The molecule has 0 bridgehead atoms. The first-order chi connectivity index (χ1) is 7.63. The molecule has 0 amide bonds. The zero-order chi connectivity index (χ0) is 11.7. The zero-order valence-electron chi connectivity index (χ0n) is 9.20. The number of halogens is 1. The van der Waals surface area contributed by atoms with Gasteiger partial charge in [0.25, 0.3) is 0 Å². The molecular formula is C11H13BrN2OS. The molecule has 0 atom stereocenters. The van der Waals surface area contributed by atoms with Crippen molar-refractivity contribution in [3.63, 3.8) is 0 Å². The number of hydrogen-bond acceptors (Lipinski definition) is 3. The van der Waals surface area contributed by atoms with Crippen LogP contribution in [0.2, 0.25) is 0 Å². The summed E-state index contributed by atoms with van der Waals surface area (Å²) in [6, 6.07) is 4.09. The van der Waals surface area contributed by atoms with E-state index >= 15 is 0 Å². The smallest absolute Gasteiger partial charge is 0.111 e. The fraction of sp³-hybridized carbons (Fsp3) is 0.364. The molecule has 0 aliphatic heterocycles. The molecule has 2 rings (SSSR count). The van der Waals surface area contributed by atoms with Crippen LogP contribution >= 0.6 is 27.3 Å². The normalized spacial score (nSPS) is 11.0. The van der Waals surface area contributed by atoms with Gasteiger partial charge in [-0.05, 0) is 35.0 Å². The largest absolute Gasteiger partial charge is 0.396 e. The summed E-state index contributed by atoms with van der Waals surface area (Å²) in [4.78, 5) is 5.73. The Kier molecular flexibility index (Phi) is 3.47. The van der Waals surface area contributed by atoms with Crippen molar-refractivity contribution in [3.05, 3.63) is 27.4 Å². The monoisotopic (exact) mass is 300 g/mol. The molecule has 0 aromatic carbocycles. The number of nitrogens with zero attached hydrogens (tertiary/aromatic N) is 2. The van der Waals surface area contributed by atoms with Crippen molar-refractivity contribution >= 4 is 27.3 Å². The molecule has 0 saturated carbocycles. The highest BCUT2D eigenvalue weighted by Crippen LogP contribution is 2.32. The van der Waals surface area contributed by atoms with E-state index in [2.05, 4.69) is 33.9 Å². The summed E-state index contributed by atoms with van der Waals surface area (Å²) in [6.45, 7) is 2.19. The third-order valence-electron chi connectivity index (χ3n) is 2.62. The van der Waals surface area contributed by atoms with Gasteiger partial charge in [0.1, 0.15) is 11.5 Å². The van der Waals surface area contributed by atoms with E-state index in [1.807, 2.05) is 17.7 Å². The van der Waals surface area contributed by atoms with E-state index in [1.54, 1.807) is 11.3 Å². The van der Waals surface area contributed by atoms with Gasteiger partial charge in [0.15, 0.2) is 0 Å². The van der Waals surface area contributed by atoms with Gasteiger partial charge in [-0.25, -0.2) is 4.98 Å². The summed E-state index contributed by atoms with van der Waals surface area (Å²) in [5, 5.41) is 8.96. The third-order valence-corrected chi connectivity index (χ3v) is 4.25. The van der Waals surface area contributed by atoms with Gasteiger partial charge in [0.05, 0.1) is 15.3 Å². The van der Waals surface area contributed by atoms with Gasteiger partial charge in [-0.3, -0.25) is 0 Å².